The van der Waals surface area contributed by atoms with Crippen molar-refractivity contribution in [1.82, 2.24) is 0 Å². The third kappa shape index (κ3) is 3.49. The molecule has 0 aromatic heterocycles. The van der Waals surface area contributed by atoms with Gasteiger partial charge in [-0.05, 0) is 61.2 Å². The molecule has 1 aliphatic rings. The molecule has 1 aromatic rings. The molecular formula is C15H23NS. The van der Waals surface area contributed by atoms with E-state index >= 15 is 0 Å². The summed E-state index contributed by atoms with van der Waals surface area (Å²) in [5, 5.41) is 0. The van der Waals surface area contributed by atoms with Gasteiger partial charge in [0.2, 0.25) is 0 Å². The van der Waals surface area contributed by atoms with Gasteiger partial charge in [0.15, 0.2) is 0 Å². The van der Waals surface area contributed by atoms with Crippen LogP contribution in [0, 0.1) is 0 Å². The Labute approximate surface area is 109 Å². The third-order valence-electron chi connectivity index (χ3n) is 3.77. The van der Waals surface area contributed by atoms with E-state index in [-0.39, 0.29) is 0 Å². The van der Waals surface area contributed by atoms with E-state index in [0.717, 1.165) is 12.8 Å². The first-order chi connectivity index (χ1) is 8.31. The van der Waals surface area contributed by atoms with Gasteiger partial charge in [-0.3, -0.25) is 0 Å². The standard InChI is InChI=1S/C15H23NS/c1-17-10-9-14(16)11-13-7-4-6-12-5-2-3-8-15(12)13/h2-3,5,8,13-14H,4,6-7,9-11,16H2,1H3. The van der Waals surface area contributed by atoms with Crippen LogP contribution >= 0.6 is 11.8 Å². The zero-order valence-corrected chi connectivity index (χ0v) is 11.5. The average molecular weight is 249 g/mol. The second-order valence-corrected chi connectivity index (χ2v) is 6.05. The molecule has 2 heteroatoms. The summed E-state index contributed by atoms with van der Waals surface area (Å²) in [4.78, 5) is 0. The Morgan fingerprint density at radius 1 is 1.41 bits per heavy atom. The number of nitrogens with two attached hydrogens (primary N) is 1. The molecule has 0 heterocycles. The Hall–Kier alpha value is -0.470. The lowest BCUT2D eigenvalue weighted by Crippen LogP contribution is -2.25. The maximum atomic E-state index is 6.23. The van der Waals surface area contributed by atoms with Gasteiger partial charge in [0.1, 0.15) is 0 Å². The van der Waals surface area contributed by atoms with Crippen LogP contribution in [0.15, 0.2) is 24.3 Å². The lowest BCUT2D eigenvalue weighted by Gasteiger charge is -2.27. The van der Waals surface area contributed by atoms with Crippen molar-refractivity contribution in [2.45, 2.75) is 44.1 Å². The molecule has 0 radical (unpaired) electrons. The number of fused-ring (bicyclic) bond motifs is 1. The van der Waals surface area contributed by atoms with E-state index in [9.17, 15) is 0 Å². The van der Waals surface area contributed by atoms with E-state index in [1.807, 2.05) is 11.8 Å². The van der Waals surface area contributed by atoms with Crippen molar-refractivity contribution < 1.29 is 0 Å². The Bertz CT molecular complexity index is 351. The third-order valence-corrected chi connectivity index (χ3v) is 4.42. The van der Waals surface area contributed by atoms with E-state index in [4.69, 9.17) is 5.73 Å². The Balaban J connectivity index is 1.98. The predicted molar refractivity (Wildman–Crippen MR) is 77.7 cm³/mol. The minimum absolute atomic E-state index is 0.374. The summed E-state index contributed by atoms with van der Waals surface area (Å²) >= 11 is 1.90. The van der Waals surface area contributed by atoms with Crippen molar-refractivity contribution >= 4 is 11.8 Å². The van der Waals surface area contributed by atoms with Crippen molar-refractivity contribution in [3.63, 3.8) is 0 Å². The molecule has 0 saturated heterocycles. The second kappa shape index (κ2) is 6.46. The molecule has 1 aliphatic carbocycles. The fourth-order valence-electron chi connectivity index (χ4n) is 2.85. The Morgan fingerprint density at radius 2 is 2.24 bits per heavy atom. The quantitative estimate of drug-likeness (QED) is 0.863. The Morgan fingerprint density at radius 3 is 3.06 bits per heavy atom. The van der Waals surface area contributed by atoms with Crippen LogP contribution in [0.2, 0.25) is 0 Å². The Kier molecular flexibility index (Phi) is 4.93. The molecule has 1 nitrogen and oxygen atoms in total. The highest BCUT2D eigenvalue weighted by Crippen LogP contribution is 2.34. The number of hydrogen-bond acceptors (Lipinski definition) is 2. The minimum atomic E-state index is 0.374. The fourth-order valence-corrected chi connectivity index (χ4v) is 3.39. The van der Waals surface area contributed by atoms with E-state index < -0.39 is 0 Å². The summed E-state index contributed by atoms with van der Waals surface area (Å²) < 4.78 is 0. The van der Waals surface area contributed by atoms with Gasteiger partial charge < -0.3 is 5.73 Å². The first-order valence-electron chi connectivity index (χ1n) is 6.63. The monoisotopic (exact) mass is 249 g/mol. The molecule has 17 heavy (non-hydrogen) atoms. The molecule has 0 bridgehead atoms. The number of rotatable bonds is 5. The van der Waals surface area contributed by atoms with Gasteiger partial charge in [-0.15, -0.1) is 0 Å². The predicted octanol–water partition coefficient (Wildman–Crippen LogP) is 3.58. The topological polar surface area (TPSA) is 26.0 Å². The normalized spacial score (nSPS) is 20.9. The summed E-state index contributed by atoms with van der Waals surface area (Å²) in [5.41, 5.74) is 9.36. The maximum absolute atomic E-state index is 6.23. The zero-order chi connectivity index (χ0) is 12.1. The van der Waals surface area contributed by atoms with Crippen LogP contribution in [0.3, 0.4) is 0 Å². The number of hydrogen-bond donors (Lipinski definition) is 1. The van der Waals surface area contributed by atoms with E-state index in [2.05, 4.69) is 30.5 Å². The van der Waals surface area contributed by atoms with E-state index in [1.165, 1.54) is 25.0 Å². The van der Waals surface area contributed by atoms with Crippen molar-refractivity contribution in [3.05, 3.63) is 35.4 Å². The molecule has 0 saturated carbocycles. The highest BCUT2D eigenvalue weighted by Gasteiger charge is 2.21. The molecule has 94 valence electrons. The zero-order valence-electron chi connectivity index (χ0n) is 10.7. The minimum Gasteiger partial charge on any atom is -0.328 e. The molecular weight excluding hydrogens is 226 g/mol. The number of aryl methyl sites for hydroxylation is 1. The molecule has 2 unspecified atom stereocenters. The van der Waals surface area contributed by atoms with Gasteiger partial charge in [-0.25, -0.2) is 0 Å². The van der Waals surface area contributed by atoms with Gasteiger partial charge in [0, 0.05) is 6.04 Å². The summed E-state index contributed by atoms with van der Waals surface area (Å²) in [6.07, 6.45) is 8.38. The molecule has 0 fully saturated rings. The molecule has 2 atom stereocenters. The fraction of sp³-hybridized carbons (Fsp3) is 0.600. The largest absolute Gasteiger partial charge is 0.328 e. The molecule has 0 spiro atoms. The first-order valence-corrected chi connectivity index (χ1v) is 8.03. The first kappa shape index (κ1) is 13.0. The summed E-state index contributed by atoms with van der Waals surface area (Å²) in [6, 6.07) is 9.30. The van der Waals surface area contributed by atoms with Gasteiger partial charge >= 0.3 is 0 Å². The van der Waals surface area contributed by atoms with Crippen molar-refractivity contribution in [1.29, 1.82) is 0 Å². The van der Waals surface area contributed by atoms with Gasteiger partial charge in [-0.2, -0.15) is 11.8 Å². The highest BCUT2D eigenvalue weighted by atomic mass is 32.2. The summed E-state index contributed by atoms with van der Waals surface area (Å²) in [7, 11) is 0. The molecule has 1 aromatic carbocycles. The SMILES string of the molecule is CSCCC(N)CC1CCCc2ccccc21. The van der Waals surface area contributed by atoms with Crippen molar-refractivity contribution in [3.8, 4) is 0 Å². The van der Waals surface area contributed by atoms with Crippen LogP contribution in [-0.4, -0.2) is 18.1 Å². The van der Waals surface area contributed by atoms with Crippen molar-refractivity contribution in [2.24, 2.45) is 5.73 Å². The van der Waals surface area contributed by atoms with E-state index in [1.54, 1.807) is 11.1 Å². The van der Waals surface area contributed by atoms with Gasteiger partial charge in [0.25, 0.3) is 0 Å². The van der Waals surface area contributed by atoms with Crippen molar-refractivity contribution in [2.75, 3.05) is 12.0 Å². The van der Waals surface area contributed by atoms with Crippen LogP contribution in [0.4, 0.5) is 0 Å². The second-order valence-electron chi connectivity index (χ2n) is 5.07. The summed E-state index contributed by atoms with van der Waals surface area (Å²) in [5.74, 6) is 1.90. The van der Waals surface area contributed by atoms with Gasteiger partial charge in [0.05, 0.1) is 0 Å². The molecule has 0 aliphatic heterocycles. The smallest absolute Gasteiger partial charge is 0.00525 e. The van der Waals surface area contributed by atoms with Crippen LogP contribution < -0.4 is 5.73 Å². The van der Waals surface area contributed by atoms with Crippen LogP contribution in [-0.2, 0) is 6.42 Å². The highest BCUT2D eigenvalue weighted by molar-refractivity contribution is 7.98. The molecule has 2 rings (SSSR count). The number of thioether (sulfide) groups is 1. The van der Waals surface area contributed by atoms with Crippen LogP contribution in [0.25, 0.3) is 0 Å². The lowest BCUT2D eigenvalue weighted by atomic mass is 9.79. The van der Waals surface area contributed by atoms with Crippen LogP contribution in [0.5, 0.6) is 0 Å². The van der Waals surface area contributed by atoms with E-state index in [0.29, 0.717) is 12.0 Å². The average Bonchev–Trinajstić information content (AvgIpc) is 2.37. The molecule has 0 amide bonds. The maximum Gasteiger partial charge on any atom is 0.00525 e. The lowest BCUT2D eigenvalue weighted by molar-refractivity contribution is 0.463. The van der Waals surface area contributed by atoms with Crippen LogP contribution in [0.1, 0.15) is 42.7 Å². The number of benzene rings is 1. The summed E-state index contributed by atoms with van der Waals surface area (Å²) in [6.45, 7) is 0. The molecule has 2 N–H and O–H groups in total. The van der Waals surface area contributed by atoms with Gasteiger partial charge in [-0.1, -0.05) is 24.3 Å².